The number of nitrogens with two attached hydrogens (primary N) is 1. The van der Waals surface area contributed by atoms with E-state index < -0.39 is 41.8 Å². The van der Waals surface area contributed by atoms with E-state index in [1.807, 2.05) is 65.1 Å². The lowest BCUT2D eigenvalue weighted by Crippen LogP contribution is -2.48. The molecule has 1 saturated heterocycles. The predicted octanol–water partition coefficient (Wildman–Crippen LogP) is 6.13. The Morgan fingerprint density at radius 1 is 0.959 bits per heavy atom. The molecule has 5 N–H and O–H groups in total. The highest BCUT2D eigenvalue weighted by Gasteiger charge is 2.38. The molecule has 0 radical (unpaired) electrons. The Morgan fingerprint density at radius 3 is 2.32 bits per heavy atom. The number of likely N-dealkylation sites (tertiary alicyclic amines) is 1. The lowest BCUT2D eigenvalue weighted by molar-refractivity contribution is -0.143. The van der Waals surface area contributed by atoms with Crippen LogP contribution < -0.4 is 21.7 Å². The van der Waals surface area contributed by atoms with E-state index in [-0.39, 0.29) is 110 Å². The van der Waals surface area contributed by atoms with Gasteiger partial charge in [0.1, 0.15) is 16.8 Å². The third kappa shape index (κ3) is 18.4. The van der Waals surface area contributed by atoms with Gasteiger partial charge in [0, 0.05) is 94.4 Å². The number of nitrogens with zero attached hydrogens (tertiary/aromatic N) is 4. The molecule has 408 valence electrons. The van der Waals surface area contributed by atoms with E-state index in [1.54, 1.807) is 37.4 Å². The average molecular weight is 1050 g/mol. The molecule has 2 aromatic rings. The number of likely N-dealkylation sites (N-methyl/N-ethyl adjacent to an activating group) is 1. The van der Waals surface area contributed by atoms with Crippen LogP contribution in [0.4, 0.5) is 0 Å². The van der Waals surface area contributed by atoms with Crippen LogP contribution in [0.5, 0.6) is 0 Å². The van der Waals surface area contributed by atoms with Gasteiger partial charge in [0.2, 0.25) is 17.7 Å². The zero-order valence-corrected chi connectivity index (χ0v) is 46.0. The van der Waals surface area contributed by atoms with E-state index >= 15 is 0 Å². The lowest BCUT2D eigenvalue weighted by Gasteiger charge is -2.37. The van der Waals surface area contributed by atoms with Gasteiger partial charge in [0.05, 0.1) is 18.1 Å². The topological polar surface area (TPSA) is 231 Å². The van der Waals surface area contributed by atoms with Crippen LogP contribution in [-0.2, 0) is 44.7 Å². The van der Waals surface area contributed by atoms with Crippen LogP contribution in [0.1, 0.15) is 145 Å². The summed E-state index contributed by atoms with van der Waals surface area (Å²) in [5, 5.41) is 10.6. The maximum absolute atomic E-state index is 14.3. The van der Waals surface area contributed by atoms with Gasteiger partial charge in [0.25, 0.3) is 11.8 Å². The number of thiazole rings is 1. The number of rotatable bonds is 33. The van der Waals surface area contributed by atoms with Crippen molar-refractivity contribution in [3.8, 4) is 0 Å². The molecule has 74 heavy (non-hydrogen) atoms. The van der Waals surface area contributed by atoms with Crippen LogP contribution in [-0.4, -0.2) is 138 Å². The summed E-state index contributed by atoms with van der Waals surface area (Å²) in [6.07, 6.45) is 8.74. The molecule has 17 nitrogen and oxygen atoms in total. The van der Waals surface area contributed by atoms with Crippen molar-refractivity contribution in [3.05, 3.63) is 76.4 Å². The van der Waals surface area contributed by atoms with E-state index in [0.29, 0.717) is 49.4 Å². The Bertz CT molecular complexity index is 2230. The Balaban J connectivity index is 1.38. The number of amides is 5. The number of allylic oxidation sites excluding steroid dienone is 1. The van der Waals surface area contributed by atoms with E-state index in [4.69, 9.17) is 10.5 Å². The highest BCUT2D eigenvalue weighted by Crippen LogP contribution is 2.32. The average Bonchev–Trinajstić information content (AvgIpc) is 4.01. The molecule has 0 aliphatic carbocycles. The molecule has 3 heterocycles. The molecule has 0 spiro atoms. The summed E-state index contributed by atoms with van der Waals surface area (Å²) in [6.45, 7) is 15.2. The molecule has 0 unspecified atom stereocenters. The van der Waals surface area contributed by atoms with Crippen molar-refractivity contribution in [2.24, 2.45) is 29.4 Å². The van der Waals surface area contributed by atoms with Gasteiger partial charge in [0.15, 0.2) is 17.3 Å². The molecule has 1 fully saturated rings. The Kier molecular flexibility index (Phi) is 25.5. The highest BCUT2D eigenvalue weighted by molar-refractivity contribution is 7.09. The summed E-state index contributed by atoms with van der Waals surface area (Å²) in [7, 11) is 5.35. The van der Waals surface area contributed by atoms with Crippen molar-refractivity contribution >= 4 is 58.2 Å². The van der Waals surface area contributed by atoms with Crippen LogP contribution in [0.15, 0.2) is 60.1 Å². The van der Waals surface area contributed by atoms with Gasteiger partial charge < -0.3 is 36.2 Å². The summed E-state index contributed by atoms with van der Waals surface area (Å²) in [5.74, 6) is -3.36. The number of carbonyl (C=O) groups excluding carboxylic acids is 8. The van der Waals surface area contributed by atoms with Gasteiger partial charge >= 0.3 is 0 Å². The monoisotopic (exact) mass is 1040 g/mol. The number of nitrogens with one attached hydrogen (secondary N) is 3. The molecule has 0 saturated carbocycles. The quantitative estimate of drug-likeness (QED) is 0.0592. The van der Waals surface area contributed by atoms with Crippen molar-refractivity contribution in [1.29, 1.82) is 0 Å². The molecule has 5 amide bonds. The molecule has 2 aliphatic rings. The highest BCUT2D eigenvalue weighted by atomic mass is 32.1. The minimum Gasteiger partial charge on any atom is -0.374 e. The maximum atomic E-state index is 14.3. The lowest BCUT2D eigenvalue weighted by atomic mass is 9.83. The molecule has 8 atom stereocenters. The zero-order valence-electron chi connectivity index (χ0n) is 45.2. The largest absolute Gasteiger partial charge is 0.374 e. The molecule has 18 heteroatoms. The van der Waals surface area contributed by atoms with Crippen molar-refractivity contribution in [3.63, 3.8) is 0 Å². The summed E-state index contributed by atoms with van der Waals surface area (Å²) in [5.41, 5.74) is 7.21. The van der Waals surface area contributed by atoms with Crippen molar-refractivity contribution in [1.82, 2.24) is 35.6 Å². The second-order valence-electron chi connectivity index (χ2n) is 20.5. The fourth-order valence-electron chi connectivity index (χ4n) is 9.74. The number of hydrogen-bond acceptors (Lipinski definition) is 13. The first-order valence-electron chi connectivity index (χ1n) is 26.6. The molecular weight excluding hydrogens is 961 g/mol. The van der Waals surface area contributed by atoms with Crippen molar-refractivity contribution in [2.75, 3.05) is 47.4 Å². The first kappa shape index (κ1) is 61.1. The number of benzene rings is 1. The van der Waals surface area contributed by atoms with Crippen molar-refractivity contribution in [2.45, 2.75) is 155 Å². The second-order valence-corrected chi connectivity index (χ2v) is 21.4. The number of aromatic nitrogens is 1. The molecule has 1 aromatic heterocycles. The molecule has 2 aliphatic heterocycles. The summed E-state index contributed by atoms with van der Waals surface area (Å²) in [4.78, 5) is 118. The molecule has 1 aromatic carbocycles. The normalized spacial score (nSPS) is 17.8. The third-order valence-corrected chi connectivity index (χ3v) is 15.7. The Hall–Kier alpha value is -5.43. The van der Waals surface area contributed by atoms with Gasteiger partial charge in [-0.15, -0.1) is 11.3 Å². The van der Waals surface area contributed by atoms with Crippen LogP contribution >= 0.6 is 11.3 Å². The fraction of sp³-hybridized carbons (Fsp3) is 0.625. The van der Waals surface area contributed by atoms with Gasteiger partial charge in [-0.25, -0.2) is 4.98 Å². The number of ether oxygens (including phenoxy) is 1. The standard InChI is InChI=1S/C56H84N8O9S/c1-10-37(4)42(33-49(67)45-22-15-17-29-62(45)7)56(72)63(8)46(36(2)3)34-50(73-9)55-61-44(35-74-55)54(71)59-39(6)48(66)32-41(31-40-19-12-11-13-20-40)53(70)60-43(21-14-16-27-57)47(65)23-18-28-58-51(68)26-30-64-38(5)24-25-52(64)69/h11-13,19-20,24-25,35-37,39,41-43,45-46,50H,5,10,14-18,21-23,26-34,57H2,1-4,6-9H3,(H,58,68)(H,59,71)(H,60,70)/t37-,39-,41+,42-,43-,45+,46+,50+/m0/s1. The van der Waals surface area contributed by atoms with Crippen LogP contribution in [0.3, 0.4) is 0 Å². The van der Waals surface area contributed by atoms with Crippen molar-refractivity contribution < 1.29 is 43.1 Å². The number of hydrogen-bond donors (Lipinski definition) is 4. The minimum absolute atomic E-state index is 0.00621. The summed E-state index contributed by atoms with van der Waals surface area (Å²) >= 11 is 1.25. The van der Waals surface area contributed by atoms with E-state index in [0.717, 1.165) is 37.8 Å². The summed E-state index contributed by atoms with van der Waals surface area (Å²) in [6, 6.07) is 6.99. The smallest absolute Gasteiger partial charge is 0.271 e. The Morgan fingerprint density at radius 2 is 1.69 bits per heavy atom. The number of carbonyl (C=O) groups is 8. The molecule has 4 rings (SSSR count). The Labute approximate surface area is 443 Å². The van der Waals surface area contributed by atoms with Gasteiger partial charge in [-0.3, -0.25) is 43.3 Å². The fourth-order valence-corrected chi connectivity index (χ4v) is 10.6. The van der Waals surface area contributed by atoms with E-state index in [9.17, 15) is 38.4 Å². The molecular formula is C56H84N8O9S. The first-order valence-corrected chi connectivity index (χ1v) is 27.5. The van der Waals surface area contributed by atoms with Gasteiger partial charge in [-0.05, 0) is 95.5 Å². The van der Waals surface area contributed by atoms with Crippen LogP contribution in [0.25, 0.3) is 0 Å². The maximum Gasteiger partial charge on any atom is 0.271 e. The van der Waals surface area contributed by atoms with Crippen LogP contribution in [0, 0.1) is 23.7 Å². The number of unbranched alkanes of at least 4 members (excludes halogenated alkanes) is 1. The predicted molar refractivity (Wildman–Crippen MR) is 288 cm³/mol. The molecule has 0 bridgehead atoms. The number of methoxy groups -OCH3 is 1. The number of ketones is 3. The number of piperidine rings is 1. The van der Waals surface area contributed by atoms with Gasteiger partial charge in [-0.2, -0.15) is 0 Å². The number of Topliss-reactive ketones (excluding diaryl/α,β-unsaturated/α-hetero) is 3. The van der Waals surface area contributed by atoms with E-state index in [1.165, 1.54) is 22.3 Å². The van der Waals surface area contributed by atoms with E-state index in [2.05, 4.69) is 32.4 Å². The van der Waals surface area contributed by atoms with Crippen LogP contribution in [0.2, 0.25) is 0 Å². The second kappa shape index (κ2) is 30.8. The first-order chi connectivity index (χ1) is 35.3. The zero-order chi connectivity index (χ0) is 54.5. The minimum atomic E-state index is -0.991. The SMILES string of the molecule is C=C1C=CC(=O)N1CCC(=O)NCCCC(=O)[C@H](CCCCN)NC(=O)[C@@H](CC(=O)[C@H](C)NC(=O)c1csc([C@@H](C[C@H](C(C)C)N(C)C(=O)[C@@H](CC(=O)[C@H]2CCCCN2C)[C@@H](C)CC)OC)n1)Cc1ccccc1. The third-order valence-electron chi connectivity index (χ3n) is 14.7. The van der Waals surface area contributed by atoms with Gasteiger partial charge in [-0.1, -0.05) is 77.4 Å². The summed E-state index contributed by atoms with van der Waals surface area (Å²) < 4.78 is 5.96.